The summed E-state index contributed by atoms with van der Waals surface area (Å²) in [5, 5.41) is 9.74. The Hall–Kier alpha value is -3.65. The molecular weight excluding hydrogens is 346 g/mol. The number of benzene rings is 1. The molecule has 0 saturated carbocycles. The number of H-pyrrole nitrogens is 1. The van der Waals surface area contributed by atoms with E-state index in [9.17, 15) is 5.26 Å². The van der Waals surface area contributed by atoms with Crippen LogP contribution in [0.15, 0.2) is 42.6 Å². The van der Waals surface area contributed by atoms with Gasteiger partial charge >= 0.3 is 0 Å². The molecule has 3 heterocycles. The molecule has 0 atom stereocenters. The molecule has 28 heavy (non-hydrogen) atoms. The molecule has 5 heteroatoms. The van der Waals surface area contributed by atoms with Crippen LogP contribution < -0.4 is 0 Å². The highest BCUT2D eigenvalue weighted by molar-refractivity contribution is 5.90. The summed E-state index contributed by atoms with van der Waals surface area (Å²) in [5.41, 5.74) is 7.70. The summed E-state index contributed by atoms with van der Waals surface area (Å²) < 4.78 is 2.11. The number of nitrogens with one attached hydrogen (secondary N) is 1. The second kappa shape index (κ2) is 6.82. The molecule has 138 valence electrons. The minimum absolute atomic E-state index is 0.506. The van der Waals surface area contributed by atoms with Gasteiger partial charge in [-0.2, -0.15) is 5.26 Å². The summed E-state index contributed by atoms with van der Waals surface area (Å²) in [6.45, 7) is 8.18. The fourth-order valence-electron chi connectivity index (χ4n) is 3.49. The van der Waals surface area contributed by atoms with Crippen molar-refractivity contribution in [1.29, 1.82) is 5.26 Å². The third-order valence-electron chi connectivity index (χ3n) is 4.91. The van der Waals surface area contributed by atoms with E-state index in [2.05, 4.69) is 44.6 Å². The average Bonchev–Trinajstić information content (AvgIpc) is 3.19. The monoisotopic (exact) mass is 367 g/mol. The van der Waals surface area contributed by atoms with Gasteiger partial charge in [0.15, 0.2) is 0 Å². The predicted molar refractivity (Wildman–Crippen MR) is 112 cm³/mol. The lowest BCUT2D eigenvalue weighted by Crippen LogP contribution is -2.02. The van der Waals surface area contributed by atoms with Gasteiger partial charge in [0.25, 0.3) is 0 Å². The van der Waals surface area contributed by atoms with Crippen LogP contribution in [0.4, 0.5) is 0 Å². The second-order valence-electron chi connectivity index (χ2n) is 7.13. The van der Waals surface area contributed by atoms with Crippen LogP contribution in [0.5, 0.6) is 0 Å². The summed E-state index contributed by atoms with van der Waals surface area (Å²) in [5.74, 6) is 1.47. The molecule has 0 aliphatic heterocycles. The SMILES string of the molecule is Cc1ccnc(-n2c(C)cc(/C=C(\C#N)c3nc4ccc(C)cc4[nH]3)c2C)c1. The van der Waals surface area contributed by atoms with Gasteiger partial charge in [-0.25, -0.2) is 9.97 Å². The molecule has 5 nitrogen and oxygen atoms in total. The molecule has 0 spiro atoms. The van der Waals surface area contributed by atoms with Crippen molar-refractivity contribution in [3.05, 3.63) is 76.5 Å². The molecule has 4 aromatic rings. The Morgan fingerprint density at radius 3 is 2.61 bits per heavy atom. The van der Waals surface area contributed by atoms with Crippen LogP contribution in [0.1, 0.15) is 33.9 Å². The van der Waals surface area contributed by atoms with Crippen molar-refractivity contribution >= 4 is 22.7 Å². The van der Waals surface area contributed by atoms with E-state index in [4.69, 9.17) is 0 Å². The number of rotatable bonds is 3. The van der Waals surface area contributed by atoms with E-state index in [-0.39, 0.29) is 0 Å². The zero-order valence-electron chi connectivity index (χ0n) is 16.4. The highest BCUT2D eigenvalue weighted by Crippen LogP contribution is 2.25. The third kappa shape index (κ3) is 3.10. The van der Waals surface area contributed by atoms with Crippen molar-refractivity contribution < 1.29 is 0 Å². The number of aromatic nitrogens is 4. The molecule has 0 saturated heterocycles. The minimum atomic E-state index is 0.506. The van der Waals surface area contributed by atoms with Gasteiger partial charge in [-0.1, -0.05) is 6.07 Å². The standard InChI is InChI=1S/C23H21N5/c1-14-5-6-20-21(9-14)27-23(26-20)19(13-24)12-18-11-16(3)28(17(18)4)22-10-15(2)7-8-25-22/h5-12H,1-4H3,(H,26,27)/b19-12+. The number of nitrogens with zero attached hydrogens (tertiary/aromatic N) is 4. The number of hydrogen-bond acceptors (Lipinski definition) is 3. The molecule has 1 N–H and O–H groups in total. The average molecular weight is 367 g/mol. The smallest absolute Gasteiger partial charge is 0.149 e. The Morgan fingerprint density at radius 2 is 1.86 bits per heavy atom. The summed E-state index contributed by atoms with van der Waals surface area (Å²) in [7, 11) is 0. The van der Waals surface area contributed by atoms with Gasteiger partial charge in [-0.15, -0.1) is 0 Å². The van der Waals surface area contributed by atoms with Crippen molar-refractivity contribution in [2.75, 3.05) is 0 Å². The van der Waals surface area contributed by atoms with Gasteiger partial charge in [-0.3, -0.25) is 0 Å². The zero-order valence-corrected chi connectivity index (χ0v) is 16.4. The highest BCUT2D eigenvalue weighted by atomic mass is 15.1. The number of fused-ring (bicyclic) bond motifs is 1. The van der Waals surface area contributed by atoms with E-state index in [0.29, 0.717) is 11.4 Å². The Morgan fingerprint density at radius 1 is 1.07 bits per heavy atom. The molecule has 0 aliphatic rings. The summed E-state index contributed by atoms with van der Waals surface area (Å²) >= 11 is 0. The van der Waals surface area contributed by atoms with Gasteiger partial charge in [0, 0.05) is 17.6 Å². The fourth-order valence-corrected chi connectivity index (χ4v) is 3.49. The predicted octanol–water partition coefficient (Wildman–Crippen LogP) is 5.05. The van der Waals surface area contributed by atoms with E-state index in [1.54, 1.807) is 0 Å². The van der Waals surface area contributed by atoms with E-state index >= 15 is 0 Å². The maximum absolute atomic E-state index is 9.74. The van der Waals surface area contributed by atoms with Crippen LogP contribution in [-0.2, 0) is 0 Å². The van der Waals surface area contributed by atoms with Crippen molar-refractivity contribution in [3.8, 4) is 11.9 Å². The van der Waals surface area contributed by atoms with Crippen LogP contribution in [0.2, 0.25) is 0 Å². The first-order valence-electron chi connectivity index (χ1n) is 9.17. The minimum Gasteiger partial charge on any atom is -0.337 e. The van der Waals surface area contributed by atoms with Crippen molar-refractivity contribution in [2.24, 2.45) is 0 Å². The summed E-state index contributed by atoms with van der Waals surface area (Å²) in [6, 6.07) is 14.4. The van der Waals surface area contributed by atoms with E-state index in [1.165, 1.54) is 0 Å². The molecule has 0 unspecified atom stereocenters. The Bertz CT molecular complexity index is 1260. The molecule has 1 aromatic carbocycles. The largest absolute Gasteiger partial charge is 0.337 e. The topological polar surface area (TPSA) is 70.3 Å². The van der Waals surface area contributed by atoms with Crippen molar-refractivity contribution in [2.45, 2.75) is 27.7 Å². The molecule has 4 rings (SSSR count). The van der Waals surface area contributed by atoms with Crippen molar-refractivity contribution in [1.82, 2.24) is 19.5 Å². The van der Waals surface area contributed by atoms with E-state index in [0.717, 1.165) is 44.9 Å². The lowest BCUT2D eigenvalue weighted by atomic mass is 10.1. The Balaban J connectivity index is 1.80. The second-order valence-corrected chi connectivity index (χ2v) is 7.13. The van der Waals surface area contributed by atoms with Gasteiger partial charge in [0.05, 0.1) is 16.6 Å². The number of hydrogen-bond donors (Lipinski definition) is 1. The van der Waals surface area contributed by atoms with Gasteiger partial charge in [0.1, 0.15) is 17.7 Å². The zero-order chi connectivity index (χ0) is 19.8. The first-order valence-corrected chi connectivity index (χ1v) is 9.17. The third-order valence-corrected chi connectivity index (χ3v) is 4.91. The van der Waals surface area contributed by atoms with Gasteiger partial charge < -0.3 is 9.55 Å². The van der Waals surface area contributed by atoms with Crippen LogP contribution in [0, 0.1) is 39.0 Å². The quantitative estimate of drug-likeness (QED) is 0.515. The number of imidazole rings is 1. The van der Waals surface area contributed by atoms with Crippen LogP contribution in [0.25, 0.3) is 28.5 Å². The summed E-state index contributed by atoms with van der Waals surface area (Å²) in [6.07, 6.45) is 3.70. The van der Waals surface area contributed by atoms with Crippen LogP contribution in [-0.4, -0.2) is 19.5 Å². The number of aromatic amines is 1. The van der Waals surface area contributed by atoms with Gasteiger partial charge in [0.2, 0.25) is 0 Å². The molecule has 3 aromatic heterocycles. The van der Waals surface area contributed by atoms with Gasteiger partial charge in [-0.05, 0) is 80.8 Å². The lowest BCUT2D eigenvalue weighted by molar-refractivity contribution is 0.918. The van der Waals surface area contributed by atoms with E-state index in [1.807, 2.05) is 57.3 Å². The highest BCUT2D eigenvalue weighted by Gasteiger charge is 2.13. The number of nitriles is 1. The number of pyridine rings is 1. The molecule has 0 fully saturated rings. The number of allylic oxidation sites excluding steroid dienone is 1. The number of aryl methyl sites for hydroxylation is 3. The molecule has 0 radical (unpaired) electrons. The Kier molecular flexibility index (Phi) is 4.32. The maximum Gasteiger partial charge on any atom is 0.149 e. The van der Waals surface area contributed by atoms with E-state index < -0.39 is 0 Å². The summed E-state index contributed by atoms with van der Waals surface area (Å²) in [4.78, 5) is 12.3. The first-order chi connectivity index (χ1) is 13.5. The van der Waals surface area contributed by atoms with Crippen LogP contribution >= 0.6 is 0 Å². The first kappa shape index (κ1) is 17.7. The molecule has 0 amide bonds. The molecule has 0 bridgehead atoms. The van der Waals surface area contributed by atoms with Crippen molar-refractivity contribution in [3.63, 3.8) is 0 Å². The lowest BCUT2D eigenvalue weighted by Gasteiger charge is -2.09. The Labute approximate surface area is 164 Å². The normalized spacial score (nSPS) is 11.8. The molecule has 0 aliphatic carbocycles. The van der Waals surface area contributed by atoms with Crippen LogP contribution in [0.3, 0.4) is 0 Å². The fraction of sp³-hybridized carbons (Fsp3) is 0.174. The maximum atomic E-state index is 9.74. The molecular formula is C23H21N5.